The number of hydrogen-bond donors (Lipinski definition) is 1. The fraction of sp³-hybridized carbons (Fsp3) is 0.917. The van der Waals surface area contributed by atoms with Crippen molar-refractivity contribution in [3.05, 3.63) is 0 Å². The van der Waals surface area contributed by atoms with E-state index in [4.69, 9.17) is 0 Å². The average molecular weight is 245 g/mol. The second kappa shape index (κ2) is 9.82. The van der Waals surface area contributed by atoms with Crippen LogP contribution >= 0.6 is 11.8 Å². The monoisotopic (exact) mass is 245 g/mol. The maximum Gasteiger partial charge on any atom is 0.193 e. The van der Waals surface area contributed by atoms with Crippen molar-refractivity contribution >= 4 is 17.7 Å². The first kappa shape index (κ1) is 15.6. The third-order valence-corrected chi connectivity index (χ3v) is 3.40. The van der Waals surface area contributed by atoms with E-state index in [0.717, 1.165) is 25.6 Å². The number of guanidine groups is 1. The van der Waals surface area contributed by atoms with E-state index < -0.39 is 0 Å². The maximum absolute atomic E-state index is 4.65. The van der Waals surface area contributed by atoms with Crippen molar-refractivity contribution in [2.45, 2.75) is 38.9 Å². The fourth-order valence-electron chi connectivity index (χ4n) is 1.26. The Kier molecular flexibility index (Phi) is 9.59. The summed E-state index contributed by atoms with van der Waals surface area (Å²) in [5, 5.41) is 3.93. The topological polar surface area (TPSA) is 27.6 Å². The molecule has 0 bridgehead atoms. The van der Waals surface area contributed by atoms with Gasteiger partial charge in [0, 0.05) is 25.4 Å². The zero-order valence-corrected chi connectivity index (χ0v) is 12.2. The lowest BCUT2D eigenvalue weighted by Crippen LogP contribution is -2.39. The van der Waals surface area contributed by atoms with Crippen LogP contribution in [0.3, 0.4) is 0 Å². The van der Waals surface area contributed by atoms with Crippen LogP contribution in [-0.2, 0) is 0 Å². The number of nitrogens with zero attached hydrogens (tertiary/aromatic N) is 2. The first-order valence-electron chi connectivity index (χ1n) is 6.17. The maximum atomic E-state index is 4.65. The lowest BCUT2D eigenvalue weighted by molar-refractivity contribution is 0.465. The summed E-state index contributed by atoms with van der Waals surface area (Å²) in [5.41, 5.74) is 0. The Morgan fingerprint density at radius 1 is 1.44 bits per heavy atom. The Labute approximate surface area is 105 Å². The van der Waals surface area contributed by atoms with Crippen molar-refractivity contribution < 1.29 is 0 Å². The van der Waals surface area contributed by atoms with Crippen molar-refractivity contribution in [2.24, 2.45) is 4.99 Å². The van der Waals surface area contributed by atoms with E-state index in [1.165, 1.54) is 12.8 Å². The molecule has 1 unspecified atom stereocenters. The molecule has 3 nitrogen and oxygen atoms in total. The summed E-state index contributed by atoms with van der Waals surface area (Å²) in [7, 11) is 2.11. The van der Waals surface area contributed by atoms with Crippen LogP contribution in [0.5, 0.6) is 0 Å². The van der Waals surface area contributed by atoms with Gasteiger partial charge >= 0.3 is 0 Å². The highest BCUT2D eigenvalue weighted by molar-refractivity contribution is 7.99. The highest BCUT2D eigenvalue weighted by Crippen LogP contribution is 2.05. The molecule has 0 fully saturated rings. The van der Waals surface area contributed by atoms with Crippen LogP contribution in [0.25, 0.3) is 0 Å². The summed E-state index contributed by atoms with van der Waals surface area (Å²) in [6.07, 6.45) is 4.58. The zero-order chi connectivity index (χ0) is 12.4. The van der Waals surface area contributed by atoms with Gasteiger partial charge in [0.25, 0.3) is 0 Å². The summed E-state index contributed by atoms with van der Waals surface area (Å²) in [4.78, 5) is 6.87. The molecule has 0 aromatic heterocycles. The summed E-state index contributed by atoms with van der Waals surface area (Å²) in [5.74, 6) is 1.04. The van der Waals surface area contributed by atoms with Gasteiger partial charge in [0.1, 0.15) is 0 Å². The van der Waals surface area contributed by atoms with Crippen LogP contribution in [0.15, 0.2) is 4.99 Å². The van der Waals surface area contributed by atoms with Gasteiger partial charge in [-0.1, -0.05) is 20.3 Å². The highest BCUT2D eigenvalue weighted by Gasteiger charge is 2.05. The average Bonchev–Trinajstić information content (AvgIpc) is 2.30. The van der Waals surface area contributed by atoms with E-state index >= 15 is 0 Å². The van der Waals surface area contributed by atoms with E-state index in [-0.39, 0.29) is 0 Å². The molecule has 0 heterocycles. The number of thioether (sulfide) groups is 1. The van der Waals surface area contributed by atoms with Crippen molar-refractivity contribution in [3.63, 3.8) is 0 Å². The van der Waals surface area contributed by atoms with Gasteiger partial charge in [-0.3, -0.25) is 4.99 Å². The van der Waals surface area contributed by atoms with Crippen molar-refractivity contribution in [1.82, 2.24) is 10.2 Å². The molecule has 1 atom stereocenters. The molecule has 4 heteroatoms. The van der Waals surface area contributed by atoms with Gasteiger partial charge in [-0.15, -0.1) is 0 Å². The Balaban J connectivity index is 4.22. The van der Waals surface area contributed by atoms with E-state index in [9.17, 15) is 0 Å². The van der Waals surface area contributed by atoms with Crippen molar-refractivity contribution in [3.8, 4) is 0 Å². The van der Waals surface area contributed by atoms with Gasteiger partial charge in [0.15, 0.2) is 5.96 Å². The molecule has 96 valence electrons. The summed E-state index contributed by atoms with van der Waals surface area (Å²) in [6.45, 7) is 9.44. The molecule has 0 aliphatic carbocycles. The Bertz CT molecular complexity index is 195. The smallest absolute Gasteiger partial charge is 0.193 e. The first-order chi connectivity index (χ1) is 7.65. The molecule has 0 aliphatic rings. The Morgan fingerprint density at radius 2 is 2.12 bits per heavy atom. The second-order valence-corrected chi connectivity index (χ2v) is 5.29. The minimum atomic E-state index is 0.591. The minimum Gasteiger partial charge on any atom is -0.357 e. The molecular weight excluding hydrogens is 218 g/mol. The number of aliphatic imine (C=N–C) groups is 1. The van der Waals surface area contributed by atoms with Crippen LogP contribution in [0.2, 0.25) is 0 Å². The van der Waals surface area contributed by atoms with Gasteiger partial charge in [0.05, 0.1) is 6.54 Å². The first-order valence-corrected chi connectivity index (χ1v) is 7.46. The number of rotatable bonds is 7. The van der Waals surface area contributed by atoms with Crippen LogP contribution < -0.4 is 5.32 Å². The van der Waals surface area contributed by atoms with Gasteiger partial charge in [-0.2, -0.15) is 11.8 Å². The number of nitrogens with one attached hydrogen (secondary N) is 1. The van der Waals surface area contributed by atoms with E-state index in [1.807, 2.05) is 11.8 Å². The third kappa shape index (κ3) is 6.99. The van der Waals surface area contributed by atoms with E-state index in [1.54, 1.807) is 0 Å². The fourth-order valence-corrected chi connectivity index (χ4v) is 1.48. The second-order valence-electron chi connectivity index (χ2n) is 4.02. The van der Waals surface area contributed by atoms with Gasteiger partial charge in [0.2, 0.25) is 0 Å². The van der Waals surface area contributed by atoms with Crippen LogP contribution in [0, 0.1) is 0 Å². The van der Waals surface area contributed by atoms with Gasteiger partial charge in [-0.25, -0.2) is 0 Å². The number of unbranched alkanes of at least 4 members (excludes halogenated alkanes) is 1. The molecule has 0 aromatic rings. The van der Waals surface area contributed by atoms with Crippen LogP contribution in [0.4, 0.5) is 0 Å². The van der Waals surface area contributed by atoms with Crippen LogP contribution in [-0.4, -0.2) is 49.0 Å². The minimum absolute atomic E-state index is 0.591. The molecule has 0 amide bonds. The third-order valence-electron chi connectivity index (χ3n) is 2.44. The molecular formula is C12H27N3S. The molecule has 0 radical (unpaired) electrons. The molecule has 0 saturated carbocycles. The van der Waals surface area contributed by atoms with Crippen LogP contribution in [0.1, 0.15) is 33.6 Å². The quantitative estimate of drug-likeness (QED) is 0.551. The highest BCUT2D eigenvalue weighted by atomic mass is 32.2. The predicted molar refractivity (Wildman–Crippen MR) is 76.5 cm³/mol. The summed E-state index contributed by atoms with van der Waals surface area (Å²) >= 11 is 1.86. The molecule has 0 aliphatic heterocycles. The zero-order valence-electron chi connectivity index (χ0n) is 11.4. The molecule has 16 heavy (non-hydrogen) atoms. The number of hydrogen-bond acceptors (Lipinski definition) is 2. The molecule has 0 saturated heterocycles. The lowest BCUT2D eigenvalue weighted by atomic mass is 10.3. The Hall–Kier alpha value is -0.380. The predicted octanol–water partition coefficient (Wildman–Crippen LogP) is 2.44. The summed E-state index contributed by atoms with van der Waals surface area (Å²) < 4.78 is 0. The molecule has 0 rings (SSSR count). The lowest BCUT2D eigenvalue weighted by Gasteiger charge is -2.22. The normalized spacial score (nSPS) is 13.7. The summed E-state index contributed by atoms with van der Waals surface area (Å²) in [6, 6.07) is 0. The van der Waals surface area contributed by atoms with Gasteiger partial charge < -0.3 is 10.2 Å². The largest absolute Gasteiger partial charge is 0.357 e. The molecule has 0 spiro atoms. The standard InChI is InChI=1S/C12H27N3S/c1-6-8-9-15(4)12(13-7-2)14-10-11(3)16-5/h11H,6-10H2,1-5H3,(H,13,14). The van der Waals surface area contributed by atoms with Crippen molar-refractivity contribution in [2.75, 3.05) is 32.9 Å². The van der Waals surface area contributed by atoms with Gasteiger partial charge in [-0.05, 0) is 19.6 Å². The van der Waals surface area contributed by atoms with E-state index in [2.05, 4.69) is 49.3 Å². The molecule has 0 aromatic carbocycles. The van der Waals surface area contributed by atoms with E-state index in [0.29, 0.717) is 5.25 Å². The molecule has 1 N–H and O–H groups in total. The SMILES string of the molecule is CCCCN(C)C(=NCC(C)SC)NCC. The van der Waals surface area contributed by atoms with Crippen molar-refractivity contribution in [1.29, 1.82) is 0 Å². The Morgan fingerprint density at radius 3 is 2.62 bits per heavy atom.